The van der Waals surface area contributed by atoms with Gasteiger partial charge in [-0.05, 0) is 17.7 Å². The first kappa shape index (κ1) is 16.5. The molecule has 1 aromatic carbocycles. The average Bonchev–Trinajstić information content (AvgIpc) is 2.36. The van der Waals surface area contributed by atoms with E-state index in [1.54, 1.807) is 24.3 Å². The molecular formula is C14H17ClO5. The number of carbonyl (C=O) groups excluding carboxylic acids is 2. The molecule has 0 radical (unpaired) electrons. The highest BCUT2D eigenvalue weighted by atomic mass is 35.5. The summed E-state index contributed by atoms with van der Waals surface area (Å²) < 4.78 is 15.4. The van der Waals surface area contributed by atoms with Crippen LogP contribution in [-0.2, 0) is 23.8 Å². The monoisotopic (exact) mass is 300 g/mol. The van der Waals surface area contributed by atoms with Crippen LogP contribution in [0.4, 0.5) is 0 Å². The van der Waals surface area contributed by atoms with E-state index in [9.17, 15) is 9.59 Å². The molecule has 0 N–H and O–H groups in total. The molecule has 6 heteroatoms. The lowest BCUT2D eigenvalue weighted by Crippen LogP contribution is -2.31. The van der Waals surface area contributed by atoms with Gasteiger partial charge in [-0.1, -0.05) is 23.7 Å². The first-order chi connectivity index (χ1) is 9.43. The highest BCUT2D eigenvalue weighted by molar-refractivity contribution is 6.30. The van der Waals surface area contributed by atoms with Crippen LogP contribution < -0.4 is 0 Å². The fourth-order valence-corrected chi connectivity index (χ4v) is 1.88. The number of rotatable bonds is 6. The van der Waals surface area contributed by atoms with Crippen LogP contribution in [0.1, 0.15) is 25.5 Å². The molecule has 0 saturated heterocycles. The summed E-state index contributed by atoms with van der Waals surface area (Å²) in [6.07, 6.45) is -1.46. The van der Waals surface area contributed by atoms with E-state index in [2.05, 4.69) is 0 Å². The minimum Gasteiger partial charge on any atom is -0.456 e. The maximum atomic E-state index is 11.3. The predicted octanol–water partition coefficient (Wildman–Crippen LogP) is 2.52. The van der Waals surface area contributed by atoms with E-state index in [1.807, 2.05) is 0 Å². The Balaban J connectivity index is 3.03. The number of ether oxygens (including phenoxy) is 3. The zero-order valence-corrected chi connectivity index (χ0v) is 12.3. The lowest BCUT2D eigenvalue weighted by Gasteiger charge is -2.26. The predicted molar refractivity (Wildman–Crippen MR) is 73.4 cm³/mol. The van der Waals surface area contributed by atoms with Crippen molar-refractivity contribution < 1.29 is 23.8 Å². The minimum absolute atomic E-state index is 0.111. The maximum absolute atomic E-state index is 11.3. The Morgan fingerprint density at radius 2 is 1.65 bits per heavy atom. The largest absolute Gasteiger partial charge is 0.456 e. The summed E-state index contributed by atoms with van der Waals surface area (Å²) in [5, 5.41) is 0.561. The molecule has 0 heterocycles. The number of halogens is 1. The summed E-state index contributed by atoms with van der Waals surface area (Å²) in [7, 11) is 1.48. The minimum atomic E-state index is -0.742. The summed E-state index contributed by atoms with van der Waals surface area (Å²) in [5.41, 5.74) is 0.674. The number of hydrogen-bond acceptors (Lipinski definition) is 5. The molecule has 0 fully saturated rings. The van der Waals surface area contributed by atoms with E-state index in [4.69, 9.17) is 25.8 Å². The lowest BCUT2D eigenvalue weighted by atomic mass is 10.0. The van der Waals surface area contributed by atoms with Gasteiger partial charge in [0.2, 0.25) is 0 Å². The fraction of sp³-hybridized carbons (Fsp3) is 0.429. The molecule has 0 spiro atoms. The molecule has 0 amide bonds. The van der Waals surface area contributed by atoms with Gasteiger partial charge in [0.1, 0.15) is 0 Å². The second kappa shape index (κ2) is 7.87. The summed E-state index contributed by atoms with van der Waals surface area (Å²) in [6.45, 7) is 2.69. The molecule has 0 unspecified atom stereocenters. The molecule has 0 bridgehead atoms. The molecule has 0 aliphatic heterocycles. The third kappa shape index (κ3) is 5.19. The molecule has 110 valence electrons. The van der Waals surface area contributed by atoms with E-state index < -0.39 is 24.1 Å². The van der Waals surface area contributed by atoms with Crippen molar-refractivity contribution in [2.75, 3.05) is 13.7 Å². The van der Waals surface area contributed by atoms with Gasteiger partial charge in [0.15, 0.2) is 12.2 Å². The van der Waals surface area contributed by atoms with Crippen LogP contribution in [0, 0.1) is 0 Å². The molecule has 20 heavy (non-hydrogen) atoms. The number of hydrogen-bond donors (Lipinski definition) is 0. The molecular weight excluding hydrogens is 284 g/mol. The molecule has 5 nitrogen and oxygen atoms in total. The SMILES string of the molecule is COC[C@H](OC(C)=O)[C@@H](OC(C)=O)c1ccc(Cl)cc1. The smallest absolute Gasteiger partial charge is 0.303 e. The Bertz CT molecular complexity index is 457. The third-order valence-corrected chi connectivity index (χ3v) is 2.73. The van der Waals surface area contributed by atoms with Gasteiger partial charge in [-0.3, -0.25) is 9.59 Å². The van der Waals surface area contributed by atoms with Gasteiger partial charge >= 0.3 is 11.9 Å². The number of methoxy groups -OCH3 is 1. The van der Waals surface area contributed by atoms with Gasteiger partial charge in [0.05, 0.1) is 6.61 Å². The molecule has 0 saturated carbocycles. The van der Waals surface area contributed by atoms with E-state index >= 15 is 0 Å². The zero-order chi connectivity index (χ0) is 15.1. The fourth-order valence-electron chi connectivity index (χ4n) is 1.75. The molecule has 2 atom stereocenters. The Kier molecular flexibility index (Phi) is 6.48. The van der Waals surface area contributed by atoms with Crippen LogP contribution in [0.15, 0.2) is 24.3 Å². The van der Waals surface area contributed by atoms with Crippen molar-refractivity contribution in [2.45, 2.75) is 26.1 Å². The van der Waals surface area contributed by atoms with Crippen molar-refractivity contribution >= 4 is 23.5 Å². The number of esters is 2. The van der Waals surface area contributed by atoms with Gasteiger partial charge in [-0.2, -0.15) is 0 Å². The Morgan fingerprint density at radius 1 is 1.10 bits per heavy atom. The summed E-state index contributed by atoms with van der Waals surface area (Å²) in [6, 6.07) is 6.76. The Hall–Kier alpha value is -1.59. The topological polar surface area (TPSA) is 61.8 Å². The Morgan fingerprint density at radius 3 is 2.10 bits per heavy atom. The highest BCUT2D eigenvalue weighted by Crippen LogP contribution is 2.26. The van der Waals surface area contributed by atoms with Crippen molar-refractivity contribution in [3.8, 4) is 0 Å². The second-order valence-electron chi connectivity index (χ2n) is 4.18. The van der Waals surface area contributed by atoms with Gasteiger partial charge in [-0.25, -0.2) is 0 Å². The van der Waals surface area contributed by atoms with Crippen molar-refractivity contribution in [3.05, 3.63) is 34.9 Å². The first-order valence-corrected chi connectivity index (χ1v) is 6.40. The van der Waals surface area contributed by atoms with Crippen molar-refractivity contribution in [3.63, 3.8) is 0 Å². The van der Waals surface area contributed by atoms with Crippen LogP contribution in [0.25, 0.3) is 0 Å². The summed E-state index contributed by atoms with van der Waals surface area (Å²) >= 11 is 5.83. The third-order valence-electron chi connectivity index (χ3n) is 2.48. The standard InChI is InChI=1S/C14H17ClO5/c1-9(16)19-13(8-18-3)14(20-10(2)17)11-4-6-12(15)7-5-11/h4-7,13-14H,8H2,1-3H3/t13-,14-/m0/s1. The van der Waals surface area contributed by atoms with Gasteiger partial charge in [0, 0.05) is 26.0 Å². The molecule has 1 rings (SSSR count). The molecule has 0 aromatic heterocycles. The molecule has 1 aromatic rings. The summed E-state index contributed by atoms with van der Waals surface area (Å²) in [5.74, 6) is -0.948. The van der Waals surface area contributed by atoms with E-state index in [1.165, 1.54) is 21.0 Å². The first-order valence-electron chi connectivity index (χ1n) is 6.03. The average molecular weight is 301 g/mol. The van der Waals surface area contributed by atoms with Gasteiger partial charge < -0.3 is 14.2 Å². The van der Waals surface area contributed by atoms with Crippen molar-refractivity contribution in [1.29, 1.82) is 0 Å². The molecule has 0 aliphatic rings. The maximum Gasteiger partial charge on any atom is 0.303 e. The molecule has 0 aliphatic carbocycles. The van der Waals surface area contributed by atoms with Crippen molar-refractivity contribution in [1.82, 2.24) is 0 Å². The van der Waals surface area contributed by atoms with E-state index in [0.29, 0.717) is 10.6 Å². The highest BCUT2D eigenvalue weighted by Gasteiger charge is 2.29. The normalized spacial score (nSPS) is 13.4. The zero-order valence-electron chi connectivity index (χ0n) is 11.6. The van der Waals surface area contributed by atoms with Gasteiger partial charge in [-0.15, -0.1) is 0 Å². The number of benzene rings is 1. The van der Waals surface area contributed by atoms with E-state index in [-0.39, 0.29) is 6.61 Å². The second-order valence-corrected chi connectivity index (χ2v) is 4.62. The quantitative estimate of drug-likeness (QED) is 0.755. The lowest BCUT2D eigenvalue weighted by molar-refractivity contribution is -0.170. The van der Waals surface area contributed by atoms with Crippen LogP contribution in [0.5, 0.6) is 0 Å². The van der Waals surface area contributed by atoms with Gasteiger partial charge in [0.25, 0.3) is 0 Å². The number of carbonyl (C=O) groups is 2. The summed E-state index contributed by atoms with van der Waals surface area (Å²) in [4.78, 5) is 22.4. The van der Waals surface area contributed by atoms with E-state index in [0.717, 1.165) is 0 Å². The van der Waals surface area contributed by atoms with Crippen LogP contribution in [0.2, 0.25) is 5.02 Å². The van der Waals surface area contributed by atoms with Crippen LogP contribution in [-0.4, -0.2) is 31.8 Å². The van der Waals surface area contributed by atoms with Crippen LogP contribution >= 0.6 is 11.6 Å². The Labute approximate surface area is 122 Å². The van der Waals surface area contributed by atoms with Crippen LogP contribution in [0.3, 0.4) is 0 Å². The van der Waals surface area contributed by atoms with Crippen molar-refractivity contribution in [2.24, 2.45) is 0 Å².